The van der Waals surface area contributed by atoms with E-state index >= 15 is 0 Å². The van der Waals surface area contributed by atoms with Gasteiger partial charge in [0.2, 0.25) is 15.0 Å². The minimum atomic E-state index is -3.95. The molecule has 3 N–H and O–H groups in total. The highest BCUT2D eigenvalue weighted by atomic mass is 32.2. The number of aliphatic carboxylic acids is 1. The van der Waals surface area contributed by atoms with Crippen molar-refractivity contribution in [2.45, 2.75) is 25.0 Å². The molecule has 0 bridgehead atoms. The molecule has 9 heteroatoms. The van der Waals surface area contributed by atoms with Crippen LogP contribution in [0.1, 0.15) is 12.7 Å². The molecule has 0 atom stereocenters. The van der Waals surface area contributed by atoms with Crippen molar-refractivity contribution in [3.05, 3.63) is 5.82 Å². The third-order valence-electron chi connectivity index (χ3n) is 2.07. The Balaban J connectivity index is 3.18. The first-order valence-corrected chi connectivity index (χ1v) is 6.64. The molecule has 0 fully saturated rings. The molecule has 0 saturated carbocycles. The summed E-state index contributed by atoms with van der Waals surface area (Å²) in [5.41, 5.74) is 5.36. The zero-order valence-corrected chi connectivity index (χ0v) is 10.1. The Bertz CT molecular complexity index is 508. The van der Waals surface area contributed by atoms with Gasteiger partial charge in [-0.25, -0.2) is 8.42 Å². The fourth-order valence-corrected chi connectivity index (χ4v) is 2.60. The van der Waals surface area contributed by atoms with Gasteiger partial charge in [0.15, 0.2) is 5.75 Å². The lowest BCUT2D eigenvalue weighted by atomic mass is 10.4. The lowest BCUT2D eigenvalue weighted by Gasteiger charge is -2.06. The molecule has 0 aromatic carbocycles. The number of sulfone groups is 1. The monoisotopic (exact) mass is 262 g/mol. The first kappa shape index (κ1) is 13.6. The van der Waals surface area contributed by atoms with Gasteiger partial charge in [-0.3, -0.25) is 4.79 Å². The van der Waals surface area contributed by atoms with E-state index in [-0.39, 0.29) is 5.16 Å². The average molecular weight is 262 g/mol. The van der Waals surface area contributed by atoms with E-state index in [0.29, 0.717) is 25.3 Å². The molecule has 0 spiro atoms. The summed E-state index contributed by atoms with van der Waals surface area (Å²) < 4.78 is 24.8. The van der Waals surface area contributed by atoms with Crippen LogP contribution in [-0.4, -0.2) is 46.6 Å². The SMILES string of the molecule is CCn1c(CCN)nnc1S(=O)(=O)CC(=O)O. The molecule has 0 aliphatic carbocycles. The second-order valence-corrected chi connectivity index (χ2v) is 5.22. The predicted octanol–water partition coefficient (Wildman–Crippen LogP) is -1.34. The van der Waals surface area contributed by atoms with Crippen molar-refractivity contribution in [1.29, 1.82) is 0 Å². The van der Waals surface area contributed by atoms with Gasteiger partial charge in [-0.05, 0) is 13.5 Å². The van der Waals surface area contributed by atoms with E-state index in [4.69, 9.17) is 10.8 Å². The van der Waals surface area contributed by atoms with E-state index in [1.54, 1.807) is 6.92 Å². The van der Waals surface area contributed by atoms with Gasteiger partial charge in [-0.15, -0.1) is 10.2 Å². The zero-order chi connectivity index (χ0) is 13.1. The van der Waals surface area contributed by atoms with Crippen molar-refractivity contribution >= 4 is 15.8 Å². The van der Waals surface area contributed by atoms with Gasteiger partial charge in [0.05, 0.1) is 0 Å². The van der Waals surface area contributed by atoms with Crippen LogP contribution < -0.4 is 5.73 Å². The molecule has 1 heterocycles. The van der Waals surface area contributed by atoms with Gasteiger partial charge < -0.3 is 15.4 Å². The van der Waals surface area contributed by atoms with E-state index in [0.717, 1.165) is 0 Å². The van der Waals surface area contributed by atoms with Crippen LogP contribution in [0.3, 0.4) is 0 Å². The molecule has 0 radical (unpaired) electrons. The van der Waals surface area contributed by atoms with Crippen LogP contribution in [0, 0.1) is 0 Å². The molecule has 1 aromatic heterocycles. The van der Waals surface area contributed by atoms with E-state index < -0.39 is 21.6 Å². The van der Waals surface area contributed by atoms with Crippen LogP contribution in [0.25, 0.3) is 0 Å². The highest BCUT2D eigenvalue weighted by Crippen LogP contribution is 2.11. The maximum absolute atomic E-state index is 11.7. The van der Waals surface area contributed by atoms with E-state index in [1.807, 2.05) is 0 Å². The third-order valence-corrected chi connectivity index (χ3v) is 3.55. The number of hydrogen-bond donors (Lipinski definition) is 2. The summed E-state index contributed by atoms with van der Waals surface area (Å²) in [6.07, 6.45) is 0.392. The lowest BCUT2D eigenvalue weighted by Crippen LogP contribution is -2.20. The van der Waals surface area contributed by atoms with Gasteiger partial charge in [0.1, 0.15) is 5.82 Å². The Morgan fingerprint density at radius 2 is 2.12 bits per heavy atom. The second kappa shape index (κ2) is 5.23. The number of hydrogen-bond acceptors (Lipinski definition) is 6. The van der Waals surface area contributed by atoms with Gasteiger partial charge >= 0.3 is 5.97 Å². The summed E-state index contributed by atoms with van der Waals surface area (Å²) in [6, 6.07) is 0. The number of carboxylic acids is 1. The van der Waals surface area contributed by atoms with Crippen molar-refractivity contribution in [1.82, 2.24) is 14.8 Å². The molecule has 1 rings (SSSR count). The van der Waals surface area contributed by atoms with Gasteiger partial charge in [0.25, 0.3) is 0 Å². The van der Waals surface area contributed by atoms with Crippen molar-refractivity contribution in [3.8, 4) is 0 Å². The van der Waals surface area contributed by atoms with Crippen LogP contribution in [0.15, 0.2) is 5.16 Å². The summed E-state index contributed by atoms with van der Waals surface area (Å²) >= 11 is 0. The Labute approximate surface area is 98.4 Å². The normalized spacial score (nSPS) is 11.6. The topological polar surface area (TPSA) is 128 Å². The minimum Gasteiger partial charge on any atom is -0.480 e. The maximum Gasteiger partial charge on any atom is 0.319 e. The minimum absolute atomic E-state index is 0.314. The van der Waals surface area contributed by atoms with E-state index in [2.05, 4.69) is 10.2 Å². The summed E-state index contributed by atoms with van der Waals surface area (Å²) in [4.78, 5) is 10.5. The average Bonchev–Trinajstić information content (AvgIpc) is 2.60. The maximum atomic E-state index is 11.7. The number of carbonyl (C=O) groups is 1. The third kappa shape index (κ3) is 3.01. The molecule has 0 aliphatic heterocycles. The zero-order valence-electron chi connectivity index (χ0n) is 9.33. The van der Waals surface area contributed by atoms with Crippen LogP contribution >= 0.6 is 0 Å². The van der Waals surface area contributed by atoms with E-state index in [9.17, 15) is 13.2 Å². The molecule has 0 unspecified atom stereocenters. The summed E-state index contributed by atoms with van der Waals surface area (Å²) in [5.74, 6) is -1.97. The molecule has 96 valence electrons. The van der Waals surface area contributed by atoms with Crippen molar-refractivity contribution < 1.29 is 18.3 Å². The first-order valence-electron chi connectivity index (χ1n) is 4.99. The molecule has 0 amide bonds. The lowest BCUT2D eigenvalue weighted by molar-refractivity contribution is -0.134. The largest absolute Gasteiger partial charge is 0.480 e. The molecule has 0 saturated heterocycles. The fourth-order valence-electron chi connectivity index (χ4n) is 1.41. The number of rotatable bonds is 6. The number of nitrogens with zero attached hydrogens (tertiary/aromatic N) is 3. The number of aromatic nitrogens is 3. The second-order valence-electron chi connectivity index (χ2n) is 3.33. The quantitative estimate of drug-likeness (QED) is 0.649. The van der Waals surface area contributed by atoms with Crippen LogP contribution in [0.5, 0.6) is 0 Å². The van der Waals surface area contributed by atoms with Crippen LogP contribution in [0.4, 0.5) is 0 Å². The first-order chi connectivity index (χ1) is 7.92. The Hall–Kier alpha value is -1.48. The molecule has 17 heavy (non-hydrogen) atoms. The highest BCUT2D eigenvalue weighted by molar-refractivity contribution is 7.91. The Kier molecular flexibility index (Phi) is 4.18. The number of nitrogens with two attached hydrogens (primary N) is 1. The summed E-state index contributed by atoms with van der Waals surface area (Å²) in [7, 11) is -3.95. The Morgan fingerprint density at radius 1 is 1.47 bits per heavy atom. The summed E-state index contributed by atoms with van der Waals surface area (Å²) in [6.45, 7) is 2.39. The standard InChI is InChI=1S/C8H14N4O4S/c1-2-12-6(3-4-9)10-11-8(12)17(15,16)5-7(13)14/h2-5,9H2,1H3,(H,13,14). The smallest absolute Gasteiger partial charge is 0.319 e. The molecule has 0 aliphatic rings. The summed E-state index contributed by atoms with van der Waals surface area (Å²) in [5, 5.41) is 15.5. The molecule has 1 aromatic rings. The molecule has 8 nitrogen and oxygen atoms in total. The molecular weight excluding hydrogens is 248 g/mol. The van der Waals surface area contributed by atoms with Crippen LogP contribution in [-0.2, 0) is 27.6 Å². The van der Waals surface area contributed by atoms with Crippen molar-refractivity contribution in [2.24, 2.45) is 5.73 Å². The van der Waals surface area contributed by atoms with Crippen LogP contribution in [0.2, 0.25) is 0 Å². The van der Waals surface area contributed by atoms with Crippen molar-refractivity contribution in [3.63, 3.8) is 0 Å². The van der Waals surface area contributed by atoms with E-state index in [1.165, 1.54) is 4.57 Å². The Morgan fingerprint density at radius 3 is 2.59 bits per heavy atom. The van der Waals surface area contributed by atoms with Gasteiger partial charge in [-0.1, -0.05) is 0 Å². The van der Waals surface area contributed by atoms with Gasteiger partial charge in [-0.2, -0.15) is 0 Å². The number of carboxylic acid groups (broad SMARTS) is 1. The fraction of sp³-hybridized carbons (Fsp3) is 0.625. The van der Waals surface area contributed by atoms with Gasteiger partial charge in [0, 0.05) is 13.0 Å². The van der Waals surface area contributed by atoms with Crippen molar-refractivity contribution in [2.75, 3.05) is 12.3 Å². The highest BCUT2D eigenvalue weighted by Gasteiger charge is 2.26. The molecular formula is C8H14N4O4S. The predicted molar refractivity (Wildman–Crippen MR) is 58.1 cm³/mol.